The van der Waals surface area contributed by atoms with Crippen LogP contribution in [-0.2, 0) is 0 Å². The molecule has 0 saturated carbocycles. The van der Waals surface area contributed by atoms with Crippen molar-refractivity contribution in [1.29, 1.82) is 0 Å². The van der Waals surface area contributed by atoms with E-state index in [4.69, 9.17) is 4.74 Å². The topological polar surface area (TPSA) is 37.9 Å². The van der Waals surface area contributed by atoms with E-state index in [0.717, 1.165) is 29.6 Å². The molecule has 0 aliphatic rings. The van der Waals surface area contributed by atoms with Crippen LogP contribution in [0.15, 0.2) is 30.3 Å². The van der Waals surface area contributed by atoms with E-state index in [1.165, 1.54) is 19.2 Å². The number of halogens is 3. The van der Waals surface area contributed by atoms with E-state index < -0.39 is 17.5 Å². The van der Waals surface area contributed by atoms with Gasteiger partial charge in [-0.05, 0) is 32.0 Å². The van der Waals surface area contributed by atoms with Gasteiger partial charge in [0.2, 0.25) is 0 Å². The predicted molar refractivity (Wildman–Crippen MR) is 85.4 cm³/mol. The van der Waals surface area contributed by atoms with E-state index in [2.05, 4.69) is 9.97 Å². The molecule has 3 aromatic rings. The van der Waals surface area contributed by atoms with Crippen LogP contribution in [-0.4, -0.2) is 17.1 Å². The number of imidazole rings is 1. The third-order valence-corrected chi connectivity index (χ3v) is 3.90. The van der Waals surface area contributed by atoms with Gasteiger partial charge in [-0.15, -0.1) is 0 Å². The van der Waals surface area contributed by atoms with E-state index in [-0.39, 0.29) is 22.4 Å². The second-order valence-corrected chi connectivity index (χ2v) is 5.42. The lowest BCUT2D eigenvalue weighted by atomic mass is 10.00. The van der Waals surface area contributed by atoms with Crippen molar-refractivity contribution in [3.05, 3.63) is 59.2 Å². The number of H-pyrrole nitrogens is 1. The van der Waals surface area contributed by atoms with Crippen molar-refractivity contribution < 1.29 is 17.9 Å². The number of nitrogens with zero attached hydrogens (tertiary/aromatic N) is 1. The zero-order chi connectivity index (χ0) is 17.4. The van der Waals surface area contributed by atoms with E-state index in [9.17, 15) is 13.2 Å². The van der Waals surface area contributed by atoms with Gasteiger partial charge in [0, 0.05) is 17.3 Å². The molecule has 3 nitrogen and oxygen atoms in total. The highest BCUT2D eigenvalue weighted by atomic mass is 19.1. The summed E-state index contributed by atoms with van der Waals surface area (Å²) >= 11 is 0. The van der Waals surface area contributed by atoms with Crippen LogP contribution in [0.25, 0.3) is 22.5 Å². The molecule has 124 valence electrons. The summed E-state index contributed by atoms with van der Waals surface area (Å²) in [6.45, 7) is 3.60. The van der Waals surface area contributed by atoms with Gasteiger partial charge >= 0.3 is 0 Å². The number of hydrogen-bond donors (Lipinski definition) is 1. The monoisotopic (exact) mass is 332 g/mol. The maximum Gasteiger partial charge on any atom is 0.140 e. The number of aryl methyl sites for hydroxylation is 2. The van der Waals surface area contributed by atoms with Crippen LogP contribution in [0.5, 0.6) is 5.75 Å². The molecule has 0 fully saturated rings. The van der Waals surface area contributed by atoms with Crippen LogP contribution in [0.1, 0.15) is 11.4 Å². The largest absolute Gasteiger partial charge is 0.496 e. The fourth-order valence-electron chi connectivity index (χ4n) is 2.53. The molecule has 1 N–H and O–H groups in total. The van der Waals surface area contributed by atoms with Crippen molar-refractivity contribution >= 4 is 0 Å². The third kappa shape index (κ3) is 2.64. The first-order chi connectivity index (χ1) is 11.4. The zero-order valence-electron chi connectivity index (χ0n) is 13.4. The third-order valence-electron chi connectivity index (χ3n) is 3.90. The molecule has 1 heterocycles. The second kappa shape index (κ2) is 6.03. The summed E-state index contributed by atoms with van der Waals surface area (Å²) in [5, 5.41) is 0. The molecule has 0 radical (unpaired) electrons. The van der Waals surface area contributed by atoms with Gasteiger partial charge < -0.3 is 9.72 Å². The Kier molecular flexibility index (Phi) is 4.05. The lowest BCUT2D eigenvalue weighted by Crippen LogP contribution is -1.97. The molecule has 0 aliphatic heterocycles. The van der Waals surface area contributed by atoms with E-state index in [1.807, 2.05) is 6.92 Å². The minimum Gasteiger partial charge on any atom is -0.496 e. The van der Waals surface area contributed by atoms with Gasteiger partial charge in [0.25, 0.3) is 0 Å². The summed E-state index contributed by atoms with van der Waals surface area (Å²) < 4.78 is 47.8. The van der Waals surface area contributed by atoms with Crippen molar-refractivity contribution in [2.75, 3.05) is 7.11 Å². The normalized spacial score (nSPS) is 10.9. The minimum atomic E-state index is -0.752. The van der Waals surface area contributed by atoms with Crippen LogP contribution in [0.2, 0.25) is 0 Å². The SMILES string of the molecule is COc1cc(F)c(-c2nc(C)c(C)[nH]2)cc1-c1c(F)cccc1F. The standard InChI is InChI=1S/C18H15F3N2O/c1-9-10(2)23-18(22-9)11-7-12(16(24-3)8-15(11)21)17-13(19)5-4-6-14(17)20/h4-8H,1-3H3,(H,22,23). The highest BCUT2D eigenvalue weighted by Gasteiger charge is 2.20. The number of ether oxygens (including phenoxy) is 1. The number of benzene rings is 2. The summed E-state index contributed by atoms with van der Waals surface area (Å²) in [5.74, 6) is -1.76. The fourth-order valence-corrected chi connectivity index (χ4v) is 2.53. The van der Waals surface area contributed by atoms with Crippen LogP contribution < -0.4 is 4.74 Å². The first kappa shape index (κ1) is 16.1. The Morgan fingerprint density at radius 1 is 0.958 bits per heavy atom. The Morgan fingerprint density at radius 3 is 2.17 bits per heavy atom. The first-order valence-corrected chi connectivity index (χ1v) is 7.28. The maximum absolute atomic E-state index is 14.4. The summed E-state index contributed by atoms with van der Waals surface area (Å²) in [6.07, 6.45) is 0. The molecule has 0 saturated heterocycles. The first-order valence-electron chi connectivity index (χ1n) is 7.28. The molecular formula is C18H15F3N2O. The Hall–Kier alpha value is -2.76. The van der Waals surface area contributed by atoms with Crippen LogP contribution in [0.4, 0.5) is 13.2 Å². The molecule has 2 aromatic carbocycles. The molecule has 0 aliphatic carbocycles. The quantitative estimate of drug-likeness (QED) is 0.749. The number of nitrogens with one attached hydrogen (secondary N) is 1. The average molecular weight is 332 g/mol. The van der Waals surface area contributed by atoms with Crippen LogP contribution in [0, 0.1) is 31.3 Å². The zero-order valence-corrected chi connectivity index (χ0v) is 13.4. The summed E-state index contributed by atoms with van der Waals surface area (Å²) in [7, 11) is 1.32. The molecule has 0 spiro atoms. The fraction of sp³-hybridized carbons (Fsp3) is 0.167. The molecule has 0 amide bonds. The van der Waals surface area contributed by atoms with Gasteiger partial charge in [0.15, 0.2) is 0 Å². The lowest BCUT2D eigenvalue weighted by Gasteiger charge is -2.13. The molecule has 24 heavy (non-hydrogen) atoms. The number of rotatable bonds is 3. The van der Waals surface area contributed by atoms with E-state index in [1.54, 1.807) is 6.92 Å². The number of methoxy groups -OCH3 is 1. The van der Waals surface area contributed by atoms with Crippen molar-refractivity contribution in [2.45, 2.75) is 13.8 Å². The molecule has 0 unspecified atom stereocenters. The van der Waals surface area contributed by atoms with Crippen LogP contribution in [0.3, 0.4) is 0 Å². The van der Waals surface area contributed by atoms with Crippen molar-refractivity contribution in [3.63, 3.8) is 0 Å². The Bertz CT molecular complexity index is 879. The molecular weight excluding hydrogens is 317 g/mol. The van der Waals surface area contributed by atoms with Crippen LogP contribution >= 0.6 is 0 Å². The molecule has 6 heteroatoms. The smallest absolute Gasteiger partial charge is 0.140 e. The van der Waals surface area contributed by atoms with Gasteiger partial charge in [-0.2, -0.15) is 0 Å². The van der Waals surface area contributed by atoms with Gasteiger partial charge in [0.05, 0.1) is 23.9 Å². The number of aromatic nitrogens is 2. The highest BCUT2D eigenvalue weighted by Crippen LogP contribution is 2.38. The molecule has 0 atom stereocenters. The predicted octanol–water partition coefficient (Wildman–Crippen LogP) is 4.79. The molecule has 3 rings (SSSR count). The summed E-state index contributed by atoms with van der Waals surface area (Å²) in [5.41, 5.74) is 1.48. The Balaban J connectivity index is 2.28. The van der Waals surface area contributed by atoms with Crippen molar-refractivity contribution in [2.24, 2.45) is 0 Å². The average Bonchev–Trinajstić information content (AvgIpc) is 2.87. The second-order valence-electron chi connectivity index (χ2n) is 5.42. The Labute approximate surface area is 137 Å². The highest BCUT2D eigenvalue weighted by molar-refractivity contribution is 5.77. The minimum absolute atomic E-state index is 0.0419. The van der Waals surface area contributed by atoms with Gasteiger partial charge in [-0.1, -0.05) is 6.07 Å². The van der Waals surface area contributed by atoms with Gasteiger partial charge in [0.1, 0.15) is 29.0 Å². The molecule has 0 bridgehead atoms. The maximum atomic E-state index is 14.4. The summed E-state index contributed by atoms with van der Waals surface area (Å²) in [6, 6.07) is 5.99. The van der Waals surface area contributed by atoms with Crippen molar-refractivity contribution in [3.8, 4) is 28.3 Å². The van der Waals surface area contributed by atoms with Crippen molar-refractivity contribution in [1.82, 2.24) is 9.97 Å². The lowest BCUT2D eigenvalue weighted by molar-refractivity contribution is 0.412. The van der Waals surface area contributed by atoms with Gasteiger partial charge in [-0.3, -0.25) is 0 Å². The Morgan fingerprint density at radius 2 is 1.62 bits per heavy atom. The number of hydrogen-bond acceptors (Lipinski definition) is 2. The van der Waals surface area contributed by atoms with E-state index >= 15 is 0 Å². The van der Waals surface area contributed by atoms with E-state index in [0.29, 0.717) is 5.82 Å². The number of aromatic amines is 1. The van der Waals surface area contributed by atoms with Gasteiger partial charge in [-0.25, -0.2) is 18.2 Å². The molecule has 1 aromatic heterocycles. The summed E-state index contributed by atoms with van der Waals surface area (Å²) in [4.78, 5) is 7.22.